The Labute approximate surface area is 253 Å². The van der Waals surface area contributed by atoms with Gasteiger partial charge in [0.1, 0.15) is 17.5 Å². The van der Waals surface area contributed by atoms with E-state index in [2.05, 4.69) is 10.3 Å². The molecule has 2 aromatic carbocycles. The van der Waals surface area contributed by atoms with E-state index in [1.807, 2.05) is 18.2 Å². The molecule has 2 aliphatic carbocycles. The number of rotatable bonds is 7. The van der Waals surface area contributed by atoms with E-state index in [0.717, 1.165) is 31.7 Å². The lowest BCUT2D eigenvalue weighted by Crippen LogP contribution is -2.44. The summed E-state index contributed by atoms with van der Waals surface area (Å²) in [5.41, 5.74) is 1.39. The van der Waals surface area contributed by atoms with Crippen LogP contribution in [0.5, 0.6) is 11.5 Å². The minimum Gasteiger partial charge on any atom is -0.508 e. The molecule has 4 N–H and O–H groups in total. The third kappa shape index (κ3) is 4.44. The van der Waals surface area contributed by atoms with Gasteiger partial charge in [-0.2, -0.15) is 0 Å². The van der Waals surface area contributed by atoms with E-state index in [4.69, 9.17) is 4.74 Å². The number of phenolic OH excluding ortho intramolecular Hbond substituents is 1. The molecule has 1 saturated heterocycles. The molecule has 2 bridgehead atoms. The number of thiazole rings is 1. The predicted octanol–water partition coefficient (Wildman–Crippen LogP) is 3.11. The van der Waals surface area contributed by atoms with Crippen LogP contribution < -0.4 is 14.9 Å². The van der Waals surface area contributed by atoms with Gasteiger partial charge in [0.05, 0.1) is 16.9 Å². The van der Waals surface area contributed by atoms with Crippen LogP contribution in [-0.2, 0) is 19.2 Å². The number of carboxylic acids is 1. The van der Waals surface area contributed by atoms with Gasteiger partial charge in [0.15, 0.2) is 6.61 Å². The maximum absolute atomic E-state index is 13.6. The van der Waals surface area contributed by atoms with Crippen molar-refractivity contribution in [2.45, 2.75) is 35.6 Å². The van der Waals surface area contributed by atoms with Gasteiger partial charge in [-0.1, -0.05) is 23.5 Å². The molecule has 3 heterocycles. The Morgan fingerprint density at radius 2 is 1.81 bits per heavy atom. The number of likely N-dealkylation sites (tertiary alicyclic amines) is 1. The van der Waals surface area contributed by atoms with Crippen LogP contribution in [-0.4, -0.2) is 61.7 Å². The number of aliphatic carboxylic acids is 1. The smallest absolute Gasteiger partial charge is 0.326 e. The van der Waals surface area contributed by atoms with Gasteiger partial charge in [0.2, 0.25) is 11.8 Å². The number of fused-ring (bicyclic) bond motifs is 9. The largest absolute Gasteiger partial charge is 0.508 e. The normalized spacial score (nSPS) is 29.1. The number of nitrogens with zero attached hydrogens (tertiary/aromatic N) is 1. The fourth-order valence-corrected chi connectivity index (χ4v) is 10.5. The maximum atomic E-state index is 13.6. The number of hydrogen-bond acceptors (Lipinski definition) is 9. The first-order valence-corrected chi connectivity index (χ1v) is 15.6. The number of H-pyrrole nitrogens is 1. The molecule has 11 nitrogen and oxygen atoms in total. The van der Waals surface area contributed by atoms with Gasteiger partial charge in [-0.25, -0.2) is 4.79 Å². The number of aromatic nitrogens is 1. The van der Waals surface area contributed by atoms with Crippen molar-refractivity contribution in [1.29, 1.82) is 0 Å². The van der Waals surface area contributed by atoms with Crippen LogP contribution in [0, 0.1) is 29.6 Å². The molecule has 4 aliphatic rings. The monoisotopic (exact) mass is 621 g/mol. The van der Waals surface area contributed by atoms with Crippen LogP contribution in [0.3, 0.4) is 0 Å². The number of phenols is 1. The van der Waals surface area contributed by atoms with Crippen molar-refractivity contribution in [3.8, 4) is 11.5 Å². The summed E-state index contributed by atoms with van der Waals surface area (Å²) < 4.78 is 5.83. The average molecular weight is 622 g/mol. The van der Waals surface area contributed by atoms with Gasteiger partial charge < -0.3 is 25.3 Å². The highest BCUT2D eigenvalue weighted by molar-refractivity contribution is 8.00. The van der Waals surface area contributed by atoms with E-state index in [-0.39, 0.29) is 52.1 Å². The Hall–Kier alpha value is -4.10. The van der Waals surface area contributed by atoms with E-state index in [0.29, 0.717) is 17.9 Å². The van der Waals surface area contributed by atoms with Crippen LogP contribution in [0.4, 0.5) is 5.69 Å². The Morgan fingerprint density at radius 1 is 1.09 bits per heavy atom. The summed E-state index contributed by atoms with van der Waals surface area (Å²) >= 11 is 2.69. The summed E-state index contributed by atoms with van der Waals surface area (Å²) in [7, 11) is 0. The second-order valence-corrected chi connectivity index (χ2v) is 13.7. The Bertz CT molecular complexity index is 1720. The molecule has 13 heteroatoms. The van der Waals surface area contributed by atoms with Crippen molar-refractivity contribution in [2.75, 3.05) is 11.9 Å². The molecule has 2 saturated carbocycles. The molecule has 7 unspecified atom stereocenters. The zero-order chi connectivity index (χ0) is 30.2. The number of aromatic amines is 1. The van der Waals surface area contributed by atoms with Crippen LogP contribution in [0.15, 0.2) is 58.4 Å². The fraction of sp³-hybridized carbons (Fsp3) is 0.367. The van der Waals surface area contributed by atoms with Gasteiger partial charge in [0.25, 0.3) is 5.91 Å². The van der Waals surface area contributed by atoms with Crippen LogP contribution in [0.1, 0.15) is 29.7 Å². The number of imide groups is 1. The molecule has 3 aromatic rings. The summed E-state index contributed by atoms with van der Waals surface area (Å²) in [5.74, 6) is -3.55. The summed E-state index contributed by atoms with van der Waals surface area (Å²) in [4.78, 5) is 68.3. The van der Waals surface area contributed by atoms with E-state index in [1.54, 1.807) is 30.0 Å². The minimum atomic E-state index is -1.23. The lowest BCUT2D eigenvalue weighted by molar-refractivity contribution is -0.154. The number of amides is 3. The average Bonchev–Trinajstić information content (AvgIpc) is 3.71. The van der Waals surface area contributed by atoms with E-state index < -0.39 is 35.7 Å². The molecule has 3 amide bonds. The predicted molar refractivity (Wildman–Crippen MR) is 156 cm³/mol. The van der Waals surface area contributed by atoms with Gasteiger partial charge >= 0.3 is 10.8 Å². The highest BCUT2D eigenvalue weighted by atomic mass is 32.2. The number of nitrogens with one attached hydrogen (secondary N) is 2. The van der Waals surface area contributed by atoms with Crippen LogP contribution in [0.2, 0.25) is 0 Å². The van der Waals surface area contributed by atoms with Crippen molar-refractivity contribution < 1.29 is 34.1 Å². The molecular formula is C30H27N3O8S2. The highest BCUT2D eigenvalue weighted by Crippen LogP contribution is 2.68. The SMILES string of the molecule is CC(C(=O)O)N1C(=O)C2C3CC(C2C1=O)C1C3Sc2[nH]c(=O)sc2[C@@H]1c1cccc(OCC(=O)Nc2ccc(O)cc2)c1. The lowest BCUT2D eigenvalue weighted by atomic mass is 9.68. The molecule has 1 aromatic heterocycles. The zero-order valence-corrected chi connectivity index (χ0v) is 24.4. The number of ether oxygens (including phenoxy) is 1. The van der Waals surface area contributed by atoms with Crippen molar-refractivity contribution in [3.05, 3.63) is 68.6 Å². The maximum Gasteiger partial charge on any atom is 0.326 e. The first kappa shape index (κ1) is 27.7. The first-order valence-electron chi connectivity index (χ1n) is 13.9. The van der Waals surface area contributed by atoms with Gasteiger partial charge in [-0.05, 0) is 73.1 Å². The minimum absolute atomic E-state index is 0.0357. The highest BCUT2D eigenvalue weighted by Gasteiger charge is 2.70. The van der Waals surface area contributed by atoms with Crippen LogP contribution >= 0.6 is 23.1 Å². The van der Waals surface area contributed by atoms with Crippen molar-refractivity contribution >= 4 is 52.5 Å². The molecule has 0 spiro atoms. The molecule has 43 heavy (non-hydrogen) atoms. The second kappa shape index (κ2) is 10.3. The number of benzene rings is 2. The molecule has 7 rings (SSSR count). The van der Waals surface area contributed by atoms with E-state index in [1.165, 1.54) is 19.1 Å². The third-order valence-corrected chi connectivity index (χ3v) is 11.8. The number of carboxylic acid groups (broad SMARTS) is 1. The Balaban J connectivity index is 1.17. The summed E-state index contributed by atoms with van der Waals surface area (Å²) in [6.45, 7) is 1.12. The summed E-state index contributed by atoms with van der Waals surface area (Å²) in [6, 6.07) is 12.2. The molecule has 222 valence electrons. The molecule has 0 radical (unpaired) electrons. The topological polar surface area (TPSA) is 166 Å². The molecule has 2 aliphatic heterocycles. The van der Waals surface area contributed by atoms with Crippen molar-refractivity contribution in [1.82, 2.24) is 9.88 Å². The number of carbonyl (C=O) groups excluding carboxylic acids is 3. The quantitative estimate of drug-likeness (QED) is 0.229. The number of aromatic hydroxyl groups is 1. The number of anilines is 1. The molecule has 3 fully saturated rings. The standard InChI is InChI=1S/C30H27N3O8S2/c1-12(29(38)39)33-27(36)22-17-10-18(23(22)28(33)37)24-21(17)20(25-26(42-24)32-30(40)43-25)13-3-2-4-16(9-13)41-11-19(35)31-14-5-7-15(34)8-6-14/h2-9,12,17-18,20-24,34H,10-11H2,1H3,(H,31,35)(H,32,40)(H,38,39)/t12?,17?,18?,20-,21?,22?,23?,24?/m1/s1. The lowest BCUT2D eigenvalue weighted by Gasteiger charge is -2.43. The Kier molecular flexibility index (Phi) is 6.62. The van der Waals surface area contributed by atoms with Crippen molar-refractivity contribution in [2.24, 2.45) is 29.6 Å². The summed E-state index contributed by atoms with van der Waals surface area (Å²) in [6.07, 6.45) is 0.688. The van der Waals surface area contributed by atoms with E-state index in [9.17, 15) is 34.2 Å². The van der Waals surface area contributed by atoms with Gasteiger partial charge in [0, 0.05) is 21.7 Å². The van der Waals surface area contributed by atoms with Crippen molar-refractivity contribution in [3.63, 3.8) is 0 Å². The van der Waals surface area contributed by atoms with E-state index >= 15 is 0 Å². The number of thioether (sulfide) groups is 1. The number of hydrogen-bond donors (Lipinski definition) is 4. The first-order chi connectivity index (χ1) is 20.6. The molecule has 8 atom stereocenters. The summed E-state index contributed by atoms with van der Waals surface area (Å²) in [5, 5.41) is 22.4. The third-order valence-electron chi connectivity index (χ3n) is 9.24. The zero-order valence-electron chi connectivity index (χ0n) is 22.8. The fourth-order valence-electron chi connectivity index (χ4n) is 7.59. The van der Waals surface area contributed by atoms with Gasteiger partial charge in [-0.3, -0.25) is 24.1 Å². The second-order valence-electron chi connectivity index (χ2n) is 11.5. The van der Waals surface area contributed by atoms with Gasteiger partial charge in [-0.15, -0.1) is 11.8 Å². The molecular weight excluding hydrogens is 594 g/mol. The Morgan fingerprint density at radius 3 is 2.53 bits per heavy atom. The number of carbonyl (C=O) groups is 4. The van der Waals surface area contributed by atoms with Crippen LogP contribution in [0.25, 0.3) is 0 Å².